The number of methoxy groups -OCH3 is 1. The number of nitrogens with one attached hydrogen (secondary N) is 1. The summed E-state index contributed by atoms with van der Waals surface area (Å²) in [6.07, 6.45) is 0.262. The van der Waals surface area contributed by atoms with Gasteiger partial charge in [0, 0.05) is 31.5 Å². The molecule has 0 unspecified atom stereocenters. The van der Waals surface area contributed by atoms with Crippen molar-refractivity contribution in [3.63, 3.8) is 0 Å². The topological polar surface area (TPSA) is 115 Å². The van der Waals surface area contributed by atoms with Gasteiger partial charge < -0.3 is 14.6 Å². The molecule has 0 saturated carbocycles. The molecule has 0 saturated heterocycles. The summed E-state index contributed by atoms with van der Waals surface area (Å²) in [5.41, 5.74) is 0.979. The molecule has 2 aromatic carbocycles. The van der Waals surface area contributed by atoms with E-state index in [0.29, 0.717) is 30.6 Å². The highest BCUT2D eigenvalue weighted by Crippen LogP contribution is 2.27. The van der Waals surface area contributed by atoms with Crippen LogP contribution in [0.1, 0.15) is 26.2 Å². The highest BCUT2D eigenvalue weighted by atomic mass is 35.5. The molecule has 0 aliphatic heterocycles. The van der Waals surface area contributed by atoms with Crippen LogP contribution < -0.4 is 10.1 Å². The van der Waals surface area contributed by atoms with Gasteiger partial charge in [-0.1, -0.05) is 30.6 Å². The molecule has 0 bridgehead atoms. The molecule has 0 radical (unpaired) electrons. The predicted molar refractivity (Wildman–Crippen MR) is 125 cm³/mol. The van der Waals surface area contributed by atoms with Crippen LogP contribution in [-0.4, -0.2) is 49.0 Å². The first-order chi connectivity index (χ1) is 15.8. The highest BCUT2D eigenvalue weighted by molar-refractivity contribution is 7.89. The summed E-state index contributed by atoms with van der Waals surface area (Å²) in [6, 6.07) is 11.4. The van der Waals surface area contributed by atoms with Crippen LogP contribution in [0.2, 0.25) is 5.02 Å². The Kier molecular flexibility index (Phi) is 8.06. The molecule has 176 valence electrons. The second-order valence-electron chi connectivity index (χ2n) is 7.02. The van der Waals surface area contributed by atoms with E-state index in [1.165, 1.54) is 22.5 Å². The zero-order valence-corrected chi connectivity index (χ0v) is 20.1. The number of amides is 1. The van der Waals surface area contributed by atoms with E-state index < -0.39 is 10.0 Å². The minimum atomic E-state index is -3.68. The maximum absolute atomic E-state index is 12.7. The lowest BCUT2D eigenvalue weighted by molar-refractivity contribution is -0.116. The van der Waals surface area contributed by atoms with E-state index in [-0.39, 0.29) is 34.4 Å². The molecule has 0 aliphatic rings. The molecule has 9 nitrogen and oxygen atoms in total. The van der Waals surface area contributed by atoms with Crippen molar-refractivity contribution in [1.29, 1.82) is 0 Å². The molecular weight excluding hydrogens is 468 g/mol. The first-order valence-corrected chi connectivity index (χ1v) is 12.2. The maximum Gasteiger partial charge on any atom is 0.243 e. The second-order valence-corrected chi connectivity index (χ2v) is 9.36. The Morgan fingerprint density at radius 3 is 2.48 bits per heavy atom. The molecule has 33 heavy (non-hydrogen) atoms. The van der Waals surface area contributed by atoms with E-state index in [4.69, 9.17) is 20.9 Å². The van der Waals surface area contributed by atoms with Crippen LogP contribution in [0.25, 0.3) is 11.4 Å². The fourth-order valence-electron chi connectivity index (χ4n) is 3.12. The number of hydrogen-bond acceptors (Lipinski definition) is 7. The number of hydrogen-bond donors (Lipinski definition) is 1. The van der Waals surface area contributed by atoms with Gasteiger partial charge in [0.05, 0.1) is 22.7 Å². The van der Waals surface area contributed by atoms with Crippen molar-refractivity contribution in [1.82, 2.24) is 14.4 Å². The van der Waals surface area contributed by atoms with Crippen LogP contribution in [-0.2, 0) is 21.2 Å². The molecule has 1 N–H and O–H groups in total. The lowest BCUT2D eigenvalue weighted by atomic mass is 10.2. The van der Waals surface area contributed by atoms with Gasteiger partial charge >= 0.3 is 0 Å². The molecule has 0 fully saturated rings. The van der Waals surface area contributed by atoms with E-state index in [1.54, 1.807) is 45.2 Å². The summed E-state index contributed by atoms with van der Waals surface area (Å²) >= 11 is 6.17. The summed E-state index contributed by atoms with van der Waals surface area (Å²) in [5, 5.41) is 6.84. The Morgan fingerprint density at radius 2 is 1.85 bits per heavy atom. The fraction of sp³-hybridized carbons (Fsp3) is 0.318. The number of carbonyl (C=O) groups is 1. The lowest BCUT2D eigenvalue weighted by Gasteiger charge is -2.19. The monoisotopic (exact) mass is 492 g/mol. The van der Waals surface area contributed by atoms with E-state index >= 15 is 0 Å². The Balaban J connectivity index is 1.65. The standard InChI is InChI=1S/C22H25ClN4O5S/c1-4-27(5-2)33(29,30)17-10-11-18(23)19(14-17)24-20(28)12-13-21-25-22(26-32-21)15-6-8-16(31-3)9-7-15/h6-11,14H,4-5,12-13H2,1-3H3,(H,24,28). The molecule has 1 aromatic heterocycles. The third-order valence-electron chi connectivity index (χ3n) is 4.94. The van der Waals surface area contributed by atoms with Crippen molar-refractivity contribution < 1.29 is 22.5 Å². The molecule has 11 heteroatoms. The molecule has 0 atom stereocenters. The van der Waals surface area contributed by atoms with Gasteiger partial charge in [-0.25, -0.2) is 8.42 Å². The number of anilines is 1. The van der Waals surface area contributed by atoms with Crippen LogP contribution in [0.4, 0.5) is 5.69 Å². The van der Waals surface area contributed by atoms with Crippen LogP contribution in [0.15, 0.2) is 51.9 Å². The number of sulfonamides is 1. The number of benzene rings is 2. The highest BCUT2D eigenvalue weighted by Gasteiger charge is 2.23. The smallest absolute Gasteiger partial charge is 0.243 e. The fourth-order valence-corrected chi connectivity index (χ4v) is 4.77. The molecule has 1 amide bonds. The van der Waals surface area contributed by atoms with Gasteiger partial charge in [-0.3, -0.25) is 4.79 Å². The molecule has 3 aromatic rings. The van der Waals surface area contributed by atoms with Gasteiger partial charge in [0.15, 0.2) is 0 Å². The third-order valence-corrected chi connectivity index (χ3v) is 7.31. The predicted octanol–water partition coefficient (Wildman–Crippen LogP) is 4.00. The minimum Gasteiger partial charge on any atom is -0.497 e. The van der Waals surface area contributed by atoms with E-state index in [1.807, 2.05) is 0 Å². The van der Waals surface area contributed by atoms with Crippen LogP contribution in [0.3, 0.4) is 0 Å². The second kappa shape index (κ2) is 10.8. The molecule has 0 spiro atoms. The van der Waals surface area contributed by atoms with Gasteiger partial charge in [0.25, 0.3) is 0 Å². The summed E-state index contributed by atoms with van der Waals surface area (Å²) in [6.45, 7) is 4.20. The van der Waals surface area contributed by atoms with Crippen LogP contribution in [0, 0.1) is 0 Å². The number of ether oxygens (including phenoxy) is 1. The summed E-state index contributed by atoms with van der Waals surface area (Å²) in [7, 11) is -2.09. The Morgan fingerprint density at radius 1 is 1.15 bits per heavy atom. The molecular formula is C22H25ClN4O5S. The summed E-state index contributed by atoms with van der Waals surface area (Å²) < 4.78 is 37.2. The van der Waals surface area contributed by atoms with E-state index in [9.17, 15) is 13.2 Å². The Bertz CT molecular complexity index is 1210. The zero-order valence-electron chi connectivity index (χ0n) is 18.5. The molecule has 3 rings (SSSR count). The van der Waals surface area contributed by atoms with E-state index in [0.717, 1.165) is 5.56 Å². The Hall–Kier alpha value is -2.95. The number of aromatic nitrogens is 2. The van der Waals surface area contributed by atoms with Gasteiger partial charge in [-0.2, -0.15) is 9.29 Å². The quantitative estimate of drug-likeness (QED) is 0.454. The number of aryl methyl sites for hydroxylation is 1. The maximum atomic E-state index is 12.7. The number of halogens is 1. The average molecular weight is 493 g/mol. The van der Waals surface area contributed by atoms with Crippen LogP contribution in [0.5, 0.6) is 5.75 Å². The summed E-state index contributed by atoms with van der Waals surface area (Å²) in [5.74, 6) is 1.07. The number of rotatable bonds is 10. The van der Waals surface area contributed by atoms with Crippen LogP contribution >= 0.6 is 11.6 Å². The van der Waals surface area contributed by atoms with Crippen molar-refractivity contribution in [2.24, 2.45) is 0 Å². The third kappa shape index (κ3) is 5.89. The normalized spacial score (nSPS) is 11.5. The van der Waals surface area contributed by atoms with Gasteiger partial charge in [-0.15, -0.1) is 0 Å². The number of carbonyl (C=O) groups excluding carboxylic acids is 1. The van der Waals surface area contributed by atoms with Crippen molar-refractivity contribution in [2.45, 2.75) is 31.6 Å². The molecule has 1 heterocycles. The average Bonchev–Trinajstić information content (AvgIpc) is 3.29. The lowest BCUT2D eigenvalue weighted by Crippen LogP contribution is -2.30. The molecule has 0 aliphatic carbocycles. The SMILES string of the molecule is CCN(CC)S(=O)(=O)c1ccc(Cl)c(NC(=O)CCc2nc(-c3ccc(OC)cc3)no2)c1. The Labute approximate surface area is 197 Å². The van der Waals surface area contributed by atoms with Crippen molar-refractivity contribution >= 4 is 33.2 Å². The van der Waals surface area contributed by atoms with Gasteiger partial charge in [0.2, 0.25) is 27.6 Å². The van der Waals surface area contributed by atoms with Crippen molar-refractivity contribution in [3.05, 3.63) is 53.4 Å². The van der Waals surface area contributed by atoms with Gasteiger partial charge in [0.1, 0.15) is 5.75 Å². The van der Waals surface area contributed by atoms with Crippen molar-refractivity contribution in [3.8, 4) is 17.1 Å². The first-order valence-electron chi connectivity index (χ1n) is 10.3. The number of nitrogens with zero attached hydrogens (tertiary/aromatic N) is 3. The zero-order chi connectivity index (χ0) is 24.0. The van der Waals surface area contributed by atoms with Gasteiger partial charge in [-0.05, 0) is 42.5 Å². The largest absolute Gasteiger partial charge is 0.497 e. The summed E-state index contributed by atoms with van der Waals surface area (Å²) in [4.78, 5) is 16.8. The minimum absolute atomic E-state index is 0.0492. The van der Waals surface area contributed by atoms with Crippen molar-refractivity contribution in [2.75, 3.05) is 25.5 Å². The van der Waals surface area contributed by atoms with E-state index in [2.05, 4.69) is 15.5 Å². The first kappa shape index (κ1) is 24.7.